The summed E-state index contributed by atoms with van der Waals surface area (Å²) in [4.78, 5) is 21.5. The highest BCUT2D eigenvalue weighted by atomic mass is 16.2. The number of carbonyl (C=O) groups excluding carboxylic acids is 1. The van der Waals surface area contributed by atoms with Gasteiger partial charge in [-0.2, -0.15) is 0 Å². The van der Waals surface area contributed by atoms with Gasteiger partial charge in [0.1, 0.15) is 0 Å². The molecule has 2 heterocycles. The fraction of sp³-hybridized carbons (Fsp3) is 0.700. The van der Waals surface area contributed by atoms with E-state index >= 15 is 0 Å². The minimum Gasteiger partial charge on any atom is -0.352 e. The van der Waals surface area contributed by atoms with Crippen LogP contribution in [0.4, 0.5) is 0 Å². The molecule has 0 spiro atoms. The Bertz CT molecular complexity index is 528. The van der Waals surface area contributed by atoms with Gasteiger partial charge in [-0.1, -0.05) is 25.8 Å². The molecule has 1 aliphatic carbocycles. The summed E-state index contributed by atoms with van der Waals surface area (Å²) in [5.74, 6) is 0.961. The van der Waals surface area contributed by atoms with E-state index in [2.05, 4.69) is 33.1 Å². The maximum atomic E-state index is 12.3. The molecule has 3 rings (SSSR count). The summed E-state index contributed by atoms with van der Waals surface area (Å²) in [6.45, 7) is 7.95. The lowest BCUT2D eigenvalue weighted by Crippen LogP contribution is -2.51. The molecule has 2 fully saturated rings. The van der Waals surface area contributed by atoms with Crippen molar-refractivity contribution in [2.45, 2.75) is 45.1 Å². The van der Waals surface area contributed by atoms with Crippen LogP contribution in [0.1, 0.15) is 38.3 Å². The SMILES string of the molecule is C[C@@H]1CCC[C@H](NC(=O)CN2CCN(CCc3ccccn3)CC2)C1. The van der Waals surface area contributed by atoms with E-state index in [9.17, 15) is 4.79 Å². The van der Waals surface area contributed by atoms with Gasteiger partial charge in [-0.3, -0.25) is 14.7 Å². The number of rotatable bonds is 6. The molecule has 0 radical (unpaired) electrons. The first-order chi connectivity index (χ1) is 12.2. The maximum Gasteiger partial charge on any atom is 0.234 e. The lowest BCUT2D eigenvalue weighted by atomic mass is 9.87. The molecule has 5 nitrogen and oxygen atoms in total. The highest BCUT2D eigenvalue weighted by Crippen LogP contribution is 2.23. The number of amides is 1. The summed E-state index contributed by atoms with van der Waals surface area (Å²) >= 11 is 0. The lowest BCUT2D eigenvalue weighted by molar-refractivity contribution is -0.123. The number of piperazine rings is 1. The molecule has 0 bridgehead atoms. The van der Waals surface area contributed by atoms with Gasteiger partial charge in [-0.15, -0.1) is 0 Å². The van der Waals surface area contributed by atoms with E-state index in [0.717, 1.165) is 63.6 Å². The smallest absolute Gasteiger partial charge is 0.234 e. The van der Waals surface area contributed by atoms with Crippen LogP contribution in [0.3, 0.4) is 0 Å². The third kappa shape index (κ3) is 6.08. The van der Waals surface area contributed by atoms with E-state index in [-0.39, 0.29) is 5.91 Å². The Hall–Kier alpha value is -1.46. The van der Waals surface area contributed by atoms with Crippen LogP contribution in [0.5, 0.6) is 0 Å². The number of hydrogen-bond acceptors (Lipinski definition) is 4. The molecule has 1 saturated heterocycles. The number of aromatic nitrogens is 1. The monoisotopic (exact) mass is 344 g/mol. The van der Waals surface area contributed by atoms with Gasteiger partial charge >= 0.3 is 0 Å². The molecule has 5 heteroatoms. The largest absolute Gasteiger partial charge is 0.352 e. The summed E-state index contributed by atoms with van der Waals surface area (Å²) in [7, 11) is 0. The summed E-state index contributed by atoms with van der Waals surface area (Å²) in [5.41, 5.74) is 1.16. The first-order valence-electron chi connectivity index (χ1n) is 9.83. The van der Waals surface area contributed by atoms with Crippen LogP contribution in [0.25, 0.3) is 0 Å². The van der Waals surface area contributed by atoms with Crippen molar-refractivity contribution >= 4 is 5.91 Å². The van der Waals surface area contributed by atoms with Gasteiger partial charge in [0.15, 0.2) is 0 Å². The Kier molecular flexibility index (Phi) is 6.82. The van der Waals surface area contributed by atoms with Crippen LogP contribution in [0.2, 0.25) is 0 Å². The molecule has 138 valence electrons. The second-order valence-electron chi connectivity index (χ2n) is 7.73. The minimum atomic E-state index is 0.209. The molecular formula is C20H32N4O. The predicted molar refractivity (Wildman–Crippen MR) is 100 cm³/mol. The zero-order valence-corrected chi connectivity index (χ0v) is 15.5. The zero-order valence-electron chi connectivity index (χ0n) is 15.5. The first-order valence-corrected chi connectivity index (χ1v) is 9.83. The third-order valence-electron chi connectivity index (χ3n) is 5.54. The predicted octanol–water partition coefficient (Wildman–Crippen LogP) is 1.94. The topological polar surface area (TPSA) is 48.5 Å². The highest BCUT2D eigenvalue weighted by molar-refractivity contribution is 5.78. The van der Waals surface area contributed by atoms with E-state index in [4.69, 9.17) is 0 Å². The van der Waals surface area contributed by atoms with Crippen LogP contribution in [0.15, 0.2) is 24.4 Å². The standard InChI is InChI=1S/C20H32N4O/c1-17-5-4-7-19(15-17)22-20(25)16-24-13-11-23(12-14-24)10-8-18-6-2-3-9-21-18/h2-3,6,9,17,19H,4-5,7-8,10-16H2,1H3,(H,22,25)/t17-,19+/m1/s1. The third-order valence-corrected chi connectivity index (χ3v) is 5.54. The van der Waals surface area contributed by atoms with Gasteiger partial charge in [-0.05, 0) is 30.9 Å². The van der Waals surface area contributed by atoms with Crippen LogP contribution >= 0.6 is 0 Å². The Morgan fingerprint density at radius 3 is 2.72 bits per heavy atom. The second kappa shape index (κ2) is 9.30. The molecule has 1 saturated carbocycles. The van der Waals surface area contributed by atoms with Crippen molar-refractivity contribution < 1.29 is 4.79 Å². The number of pyridine rings is 1. The number of carbonyl (C=O) groups is 1. The van der Waals surface area contributed by atoms with Crippen molar-refractivity contribution in [2.75, 3.05) is 39.3 Å². The van der Waals surface area contributed by atoms with Crippen molar-refractivity contribution in [1.29, 1.82) is 0 Å². The van der Waals surface area contributed by atoms with Crippen LogP contribution in [-0.2, 0) is 11.2 Å². The summed E-state index contributed by atoms with van der Waals surface area (Å²) in [6, 6.07) is 6.50. The van der Waals surface area contributed by atoms with Gasteiger partial charge < -0.3 is 10.2 Å². The van der Waals surface area contributed by atoms with E-state index in [1.54, 1.807) is 0 Å². The number of hydrogen-bond donors (Lipinski definition) is 1. The first kappa shape index (κ1) is 18.3. The number of nitrogens with zero attached hydrogens (tertiary/aromatic N) is 3. The van der Waals surface area contributed by atoms with Crippen LogP contribution in [-0.4, -0.2) is 66.0 Å². The van der Waals surface area contributed by atoms with Crippen molar-refractivity contribution in [3.05, 3.63) is 30.1 Å². The van der Waals surface area contributed by atoms with Gasteiger partial charge in [0, 0.05) is 57.1 Å². The summed E-state index contributed by atoms with van der Waals surface area (Å²) < 4.78 is 0. The number of nitrogens with one attached hydrogen (secondary N) is 1. The zero-order chi connectivity index (χ0) is 17.5. The normalized spacial score (nSPS) is 25.6. The molecular weight excluding hydrogens is 312 g/mol. The second-order valence-corrected chi connectivity index (χ2v) is 7.73. The lowest BCUT2D eigenvalue weighted by Gasteiger charge is -2.35. The molecule has 1 aliphatic heterocycles. The molecule has 1 N–H and O–H groups in total. The van der Waals surface area contributed by atoms with E-state index in [0.29, 0.717) is 12.6 Å². The van der Waals surface area contributed by atoms with Crippen molar-refractivity contribution in [2.24, 2.45) is 5.92 Å². The summed E-state index contributed by atoms with van der Waals surface area (Å²) in [6.07, 6.45) is 7.72. The van der Waals surface area contributed by atoms with Gasteiger partial charge in [-0.25, -0.2) is 0 Å². The van der Waals surface area contributed by atoms with Crippen molar-refractivity contribution in [3.63, 3.8) is 0 Å². The molecule has 0 aromatic carbocycles. The Labute approximate surface area is 151 Å². The van der Waals surface area contributed by atoms with E-state index in [1.807, 2.05) is 18.3 Å². The molecule has 2 atom stereocenters. The van der Waals surface area contributed by atoms with Gasteiger partial charge in [0.25, 0.3) is 0 Å². The Balaban J connectivity index is 1.32. The molecule has 1 amide bonds. The van der Waals surface area contributed by atoms with Crippen LogP contribution < -0.4 is 5.32 Å². The fourth-order valence-corrected chi connectivity index (χ4v) is 4.03. The Morgan fingerprint density at radius 2 is 2.00 bits per heavy atom. The highest BCUT2D eigenvalue weighted by Gasteiger charge is 2.23. The molecule has 25 heavy (non-hydrogen) atoms. The fourth-order valence-electron chi connectivity index (χ4n) is 4.03. The summed E-state index contributed by atoms with van der Waals surface area (Å²) in [5, 5.41) is 3.25. The van der Waals surface area contributed by atoms with Crippen molar-refractivity contribution in [3.8, 4) is 0 Å². The molecule has 1 aromatic rings. The minimum absolute atomic E-state index is 0.209. The molecule has 0 unspecified atom stereocenters. The van der Waals surface area contributed by atoms with Crippen molar-refractivity contribution in [1.82, 2.24) is 20.1 Å². The molecule has 1 aromatic heterocycles. The maximum absolute atomic E-state index is 12.3. The van der Waals surface area contributed by atoms with E-state index < -0.39 is 0 Å². The van der Waals surface area contributed by atoms with Gasteiger partial charge in [0.05, 0.1) is 6.54 Å². The average Bonchev–Trinajstić information content (AvgIpc) is 2.62. The average molecular weight is 345 g/mol. The van der Waals surface area contributed by atoms with Gasteiger partial charge in [0.2, 0.25) is 5.91 Å². The van der Waals surface area contributed by atoms with Crippen LogP contribution in [0, 0.1) is 5.92 Å². The van der Waals surface area contributed by atoms with E-state index in [1.165, 1.54) is 12.8 Å². The molecule has 2 aliphatic rings. The quantitative estimate of drug-likeness (QED) is 0.857. The Morgan fingerprint density at radius 1 is 1.20 bits per heavy atom.